The molecule has 0 aliphatic carbocycles. The molecule has 0 aliphatic rings. The predicted octanol–water partition coefficient (Wildman–Crippen LogP) is 2.09. The molecule has 0 saturated heterocycles. The number of hydrogen-bond donors (Lipinski definition) is 1. The quantitative estimate of drug-likeness (QED) is 0.850. The Bertz CT molecular complexity index is 317. The van der Waals surface area contributed by atoms with Crippen molar-refractivity contribution in [2.24, 2.45) is 5.41 Å². The fourth-order valence-electron chi connectivity index (χ4n) is 1.46. The highest BCUT2D eigenvalue weighted by molar-refractivity contribution is 5.06. The molecular formula is C12H20N2O2. The second kappa shape index (κ2) is 5.37. The van der Waals surface area contributed by atoms with E-state index in [1.807, 2.05) is 6.92 Å². The molecular weight excluding hydrogens is 204 g/mol. The number of aliphatic hydroxyl groups is 1. The summed E-state index contributed by atoms with van der Waals surface area (Å²) in [5.41, 5.74) is 0.671. The molecule has 1 atom stereocenters. The molecule has 16 heavy (non-hydrogen) atoms. The van der Waals surface area contributed by atoms with Crippen molar-refractivity contribution in [2.45, 2.75) is 40.4 Å². The van der Waals surface area contributed by atoms with Crippen LogP contribution in [0.25, 0.3) is 0 Å². The molecule has 1 aromatic rings. The Balaban J connectivity index is 2.93. The number of hydrogen-bond acceptors (Lipinski definition) is 4. The van der Waals surface area contributed by atoms with E-state index in [1.54, 1.807) is 12.4 Å². The van der Waals surface area contributed by atoms with E-state index in [4.69, 9.17) is 9.84 Å². The van der Waals surface area contributed by atoms with Crippen LogP contribution in [0, 0.1) is 5.41 Å². The highest BCUT2D eigenvalue weighted by atomic mass is 16.5. The Morgan fingerprint density at radius 3 is 2.25 bits per heavy atom. The summed E-state index contributed by atoms with van der Waals surface area (Å²) >= 11 is 0. The van der Waals surface area contributed by atoms with Gasteiger partial charge in [-0.25, -0.2) is 9.97 Å². The molecule has 1 heterocycles. The Kier molecular flexibility index (Phi) is 4.38. The third-order valence-electron chi connectivity index (χ3n) is 2.26. The van der Waals surface area contributed by atoms with E-state index in [0.717, 1.165) is 0 Å². The van der Waals surface area contributed by atoms with E-state index in [9.17, 15) is 0 Å². The first-order valence-corrected chi connectivity index (χ1v) is 5.52. The Labute approximate surface area is 96.7 Å². The molecule has 1 N–H and O–H groups in total. The van der Waals surface area contributed by atoms with Crippen LogP contribution in [-0.2, 0) is 11.3 Å². The zero-order valence-corrected chi connectivity index (χ0v) is 10.4. The third-order valence-corrected chi connectivity index (χ3v) is 2.26. The molecule has 1 unspecified atom stereocenters. The maximum atomic E-state index is 8.92. The van der Waals surface area contributed by atoms with E-state index >= 15 is 0 Å². The van der Waals surface area contributed by atoms with Crippen LogP contribution in [0.15, 0.2) is 12.4 Å². The van der Waals surface area contributed by atoms with Crippen molar-refractivity contribution >= 4 is 0 Å². The van der Waals surface area contributed by atoms with Gasteiger partial charge in [0.2, 0.25) is 0 Å². The third kappa shape index (κ3) is 3.25. The normalized spacial score (nSPS) is 13.8. The van der Waals surface area contributed by atoms with Crippen molar-refractivity contribution < 1.29 is 9.84 Å². The van der Waals surface area contributed by atoms with Crippen molar-refractivity contribution in [3.05, 3.63) is 23.8 Å². The minimum Gasteiger partial charge on any atom is -0.392 e. The SMILES string of the molecule is CCOC(c1ncc(CO)cn1)C(C)(C)C. The van der Waals surface area contributed by atoms with Crippen LogP contribution >= 0.6 is 0 Å². The van der Waals surface area contributed by atoms with Crippen molar-refractivity contribution in [1.29, 1.82) is 0 Å². The molecule has 0 amide bonds. The summed E-state index contributed by atoms with van der Waals surface area (Å²) in [6.45, 7) is 8.84. The molecule has 0 radical (unpaired) electrons. The van der Waals surface area contributed by atoms with Crippen LogP contribution in [0.3, 0.4) is 0 Å². The molecule has 0 bridgehead atoms. The lowest BCUT2D eigenvalue weighted by atomic mass is 9.88. The summed E-state index contributed by atoms with van der Waals surface area (Å²) < 4.78 is 5.68. The summed E-state index contributed by atoms with van der Waals surface area (Å²) in [6.07, 6.45) is 3.16. The number of ether oxygens (including phenoxy) is 1. The second-order valence-corrected chi connectivity index (χ2v) is 4.81. The average molecular weight is 224 g/mol. The summed E-state index contributed by atoms with van der Waals surface area (Å²) in [7, 11) is 0. The number of rotatable bonds is 4. The summed E-state index contributed by atoms with van der Waals surface area (Å²) in [6, 6.07) is 0. The Hall–Kier alpha value is -1.00. The second-order valence-electron chi connectivity index (χ2n) is 4.81. The lowest BCUT2D eigenvalue weighted by molar-refractivity contribution is -0.0191. The maximum Gasteiger partial charge on any atom is 0.157 e. The van der Waals surface area contributed by atoms with Gasteiger partial charge in [0.25, 0.3) is 0 Å². The number of aliphatic hydroxyl groups excluding tert-OH is 1. The van der Waals surface area contributed by atoms with Crippen molar-refractivity contribution in [3.8, 4) is 0 Å². The van der Waals surface area contributed by atoms with E-state index in [0.29, 0.717) is 18.0 Å². The summed E-state index contributed by atoms with van der Waals surface area (Å²) in [5.74, 6) is 0.673. The van der Waals surface area contributed by atoms with E-state index < -0.39 is 0 Å². The first-order chi connectivity index (χ1) is 7.49. The lowest BCUT2D eigenvalue weighted by Gasteiger charge is -2.28. The molecule has 0 saturated carbocycles. The smallest absolute Gasteiger partial charge is 0.157 e. The minimum atomic E-state index is -0.120. The first-order valence-electron chi connectivity index (χ1n) is 5.52. The number of aromatic nitrogens is 2. The molecule has 0 aromatic carbocycles. The standard InChI is InChI=1S/C12H20N2O2/c1-5-16-10(12(2,3)4)11-13-6-9(8-15)7-14-11/h6-7,10,15H,5,8H2,1-4H3. The lowest BCUT2D eigenvalue weighted by Crippen LogP contribution is -2.23. The first kappa shape index (κ1) is 13.1. The van der Waals surface area contributed by atoms with Crippen LogP contribution in [0.1, 0.15) is 45.2 Å². The van der Waals surface area contributed by atoms with Gasteiger partial charge in [-0.05, 0) is 12.3 Å². The molecule has 90 valence electrons. The van der Waals surface area contributed by atoms with E-state index in [2.05, 4.69) is 30.7 Å². The van der Waals surface area contributed by atoms with Crippen LogP contribution in [0.5, 0.6) is 0 Å². The van der Waals surface area contributed by atoms with Crippen LogP contribution < -0.4 is 0 Å². The van der Waals surface area contributed by atoms with Crippen LogP contribution in [0.4, 0.5) is 0 Å². The monoisotopic (exact) mass is 224 g/mol. The maximum absolute atomic E-state index is 8.92. The highest BCUT2D eigenvalue weighted by Crippen LogP contribution is 2.33. The molecule has 1 aromatic heterocycles. The van der Waals surface area contributed by atoms with Gasteiger partial charge in [0.1, 0.15) is 6.10 Å². The van der Waals surface area contributed by atoms with Crippen LogP contribution in [0.2, 0.25) is 0 Å². The predicted molar refractivity (Wildman–Crippen MR) is 61.8 cm³/mol. The Morgan fingerprint density at radius 1 is 1.31 bits per heavy atom. The zero-order chi connectivity index (χ0) is 12.2. The largest absolute Gasteiger partial charge is 0.392 e. The van der Waals surface area contributed by atoms with Gasteiger partial charge in [-0.2, -0.15) is 0 Å². The van der Waals surface area contributed by atoms with Crippen molar-refractivity contribution in [3.63, 3.8) is 0 Å². The van der Waals surface area contributed by atoms with E-state index in [-0.39, 0.29) is 18.1 Å². The van der Waals surface area contributed by atoms with E-state index in [1.165, 1.54) is 0 Å². The average Bonchev–Trinajstić information content (AvgIpc) is 2.25. The summed E-state index contributed by atoms with van der Waals surface area (Å²) in [5, 5.41) is 8.92. The number of nitrogens with zero attached hydrogens (tertiary/aromatic N) is 2. The fraction of sp³-hybridized carbons (Fsp3) is 0.667. The van der Waals surface area contributed by atoms with Gasteiger partial charge in [-0.15, -0.1) is 0 Å². The van der Waals surface area contributed by atoms with Gasteiger partial charge in [-0.1, -0.05) is 20.8 Å². The zero-order valence-electron chi connectivity index (χ0n) is 10.4. The van der Waals surface area contributed by atoms with Gasteiger partial charge >= 0.3 is 0 Å². The molecule has 0 aliphatic heterocycles. The molecule has 4 heteroatoms. The molecule has 1 rings (SSSR count). The van der Waals surface area contributed by atoms with Gasteiger partial charge in [0.15, 0.2) is 5.82 Å². The minimum absolute atomic E-state index is 0.0326. The van der Waals surface area contributed by atoms with Crippen molar-refractivity contribution in [2.75, 3.05) is 6.61 Å². The van der Waals surface area contributed by atoms with Gasteiger partial charge in [0.05, 0.1) is 6.61 Å². The van der Waals surface area contributed by atoms with Crippen LogP contribution in [-0.4, -0.2) is 21.7 Å². The highest BCUT2D eigenvalue weighted by Gasteiger charge is 2.29. The van der Waals surface area contributed by atoms with Gasteiger partial charge in [0, 0.05) is 24.6 Å². The molecule has 0 fully saturated rings. The molecule has 4 nitrogen and oxygen atoms in total. The summed E-state index contributed by atoms with van der Waals surface area (Å²) in [4.78, 5) is 8.48. The molecule has 0 spiro atoms. The topological polar surface area (TPSA) is 55.2 Å². The van der Waals surface area contributed by atoms with Gasteiger partial charge < -0.3 is 9.84 Å². The van der Waals surface area contributed by atoms with Crippen molar-refractivity contribution in [1.82, 2.24) is 9.97 Å². The Morgan fingerprint density at radius 2 is 1.88 bits per heavy atom. The fourth-order valence-corrected chi connectivity index (χ4v) is 1.46. The van der Waals surface area contributed by atoms with Gasteiger partial charge in [-0.3, -0.25) is 0 Å².